The Balaban J connectivity index is 2.02. The van der Waals surface area contributed by atoms with E-state index in [0.717, 1.165) is 16.7 Å². The van der Waals surface area contributed by atoms with Crippen LogP contribution < -0.4 is 14.2 Å². The lowest BCUT2D eigenvalue weighted by Crippen LogP contribution is -2.05. The molecule has 1 atom stereocenters. The largest absolute Gasteiger partial charge is 0.496 e. The molecule has 0 saturated carbocycles. The van der Waals surface area contributed by atoms with Crippen LogP contribution in [0.25, 0.3) is 0 Å². The number of esters is 1. The van der Waals surface area contributed by atoms with Crippen LogP contribution in [-0.4, -0.2) is 18.2 Å². The Morgan fingerprint density at radius 3 is 2.00 bits per heavy atom. The third-order valence-corrected chi connectivity index (χ3v) is 4.98. The van der Waals surface area contributed by atoms with Gasteiger partial charge in [-0.15, -0.1) is 0 Å². The highest BCUT2D eigenvalue weighted by Gasteiger charge is 2.21. The number of rotatable bonds is 7. The van der Waals surface area contributed by atoms with Crippen LogP contribution in [0.4, 0.5) is 0 Å². The van der Waals surface area contributed by atoms with Gasteiger partial charge in [-0.05, 0) is 54.8 Å². The van der Waals surface area contributed by atoms with E-state index in [1.54, 1.807) is 31.4 Å². The van der Waals surface area contributed by atoms with Crippen molar-refractivity contribution in [3.63, 3.8) is 0 Å². The summed E-state index contributed by atoms with van der Waals surface area (Å²) in [6, 6.07) is 18.3. The molecule has 0 spiro atoms. The first-order chi connectivity index (χ1) is 14.8. The van der Waals surface area contributed by atoms with E-state index in [4.69, 9.17) is 14.2 Å². The van der Waals surface area contributed by atoms with Gasteiger partial charge in [-0.3, -0.25) is 4.79 Å². The summed E-state index contributed by atoms with van der Waals surface area (Å²) in [5.41, 5.74) is 3.47. The van der Waals surface area contributed by atoms with E-state index in [1.807, 2.05) is 43.3 Å². The van der Waals surface area contributed by atoms with Crippen molar-refractivity contribution in [2.24, 2.45) is 0 Å². The summed E-state index contributed by atoms with van der Waals surface area (Å²) < 4.78 is 16.8. The second kappa shape index (κ2) is 9.67. The van der Waals surface area contributed by atoms with Crippen molar-refractivity contribution in [1.82, 2.24) is 0 Å². The molecule has 0 aliphatic rings. The minimum Gasteiger partial charge on any atom is -0.496 e. The molecule has 3 aromatic rings. The molecule has 0 radical (unpaired) electrons. The highest BCUT2D eigenvalue weighted by molar-refractivity contribution is 5.69. The van der Waals surface area contributed by atoms with E-state index in [2.05, 4.69) is 13.8 Å². The number of carbonyl (C=O) groups is 1. The number of hydrogen-bond donors (Lipinski definition) is 1. The molecule has 0 heterocycles. The predicted molar refractivity (Wildman–Crippen MR) is 120 cm³/mol. The molecule has 5 heteroatoms. The summed E-state index contributed by atoms with van der Waals surface area (Å²) in [5.74, 6) is 2.07. The predicted octanol–water partition coefficient (Wildman–Crippen LogP) is 5.93. The van der Waals surface area contributed by atoms with Gasteiger partial charge in [0.25, 0.3) is 0 Å². The average molecular weight is 421 g/mol. The Labute approximate surface area is 183 Å². The maximum absolute atomic E-state index is 11.1. The van der Waals surface area contributed by atoms with E-state index < -0.39 is 6.10 Å². The first-order valence-corrected chi connectivity index (χ1v) is 10.2. The van der Waals surface area contributed by atoms with Crippen LogP contribution in [0.1, 0.15) is 55.0 Å². The zero-order valence-corrected chi connectivity index (χ0v) is 18.5. The van der Waals surface area contributed by atoms with Gasteiger partial charge in [0.05, 0.1) is 7.11 Å². The number of aliphatic hydroxyl groups excluding tert-OH is 1. The Bertz CT molecular complexity index is 1040. The SMILES string of the molecule is COc1cc(C(O)c2ccc(C)cc2)c(Oc2ccc(OC(C)=O)cc2)cc1C(C)C. The molecule has 162 valence electrons. The summed E-state index contributed by atoms with van der Waals surface area (Å²) in [5, 5.41) is 11.1. The number of aliphatic hydroxyl groups is 1. The van der Waals surface area contributed by atoms with Crippen molar-refractivity contribution in [3.8, 4) is 23.0 Å². The number of benzene rings is 3. The molecule has 0 saturated heterocycles. The normalized spacial score (nSPS) is 11.8. The molecule has 5 nitrogen and oxygen atoms in total. The molecule has 0 aliphatic heterocycles. The molecule has 0 aliphatic carbocycles. The van der Waals surface area contributed by atoms with Crippen LogP contribution in [0.3, 0.4) is 0 Å². The number of aryl methyl sites for hydroxylation is 1. The second-order valence-electron chi connectivity index (χ2n) is 7.77. The Morgan fingerprint density at radius 1 is 0.871 bits per heavy atom. The Kier molecular flexibility index (Phi) is 6.98. The fraction of sp³-hybridized carbons (Fsp3) is 0.269. The van der Waals surface area contributed by atoms with E-state index in [1.165, 1.54) is 6.92 Å². The van der Waals surface area contributed by atoms with Gasteiger partial charge < -0.3 is 19.3 Å². The lowest BCUT2D eigenvalue weighted by molar-refractivity contribution is -0.131. The van der Waals surface area contributed by atoms with Gasteiger partial charge in [0.15, 0.2) is 0 Å². The molecule has 0 bridgehead atoms. The number of carbonyl (C=O) groups excluding carboxylic acids is 1. The Hall–Kier alpha value is -3.31. The van der Waals surface area contributed by atoms with Gasteiger partial charge in [-0.1, -0.05) is 43.7 Å². The lowest BCUT2D eigenvalue weighted by atomic mass is 9.94. The Morgan fingerprint density at radius 2 is 1.45 bits per heavy atom. The maximum atomic E-state index is 11.1. The highest BCUT2D eigenvalue weighted by atomic mass is 16.5. The first-order valence-electron chi connectivity index (χ1n) is 10.2. The van der Waals surface area contributed by atoms with Crippen LogP contribution >= 0.6 is 0 Å². The quantitative estimate of drug-likeness (QED) is 0.379. The summed E-state index contributed by atoms with van der Waals surface area (Å²) >= 11 is 0. The summed E-state index contributed by atoms with van der Waals surface area (Å²) in [4.78, 5) is 11.1. The topological polar surface area (TPSA) is 65.0 Å². The van der Waals surface area contributed by atoms with Gasteiger partial charge in [0, 0.05) is 18.1 Å². The van der Waals surface area contributed by atoms with Crippen LogP contribution in [-0.2, 0) is 4.79 Å². The molecule has 0 amide bonds. The smallest absolute Gasteiger partial charge is 0.308 e. The molecule has 0 fully saturated rings. The average Bonchev–Trinajstić information content (AvgIpc) is 2.74. The van der Waals surface area contributed by atoms with Gasteiger partial charge in [0.2, 0.25) is 0 Å². The fourth-order valence-corrected chi connectivity index (χ4v) is 3.32. The number of ether oxygens (including phenoxy) is 3. The van der Waals surface area contributed by atoms with E-state index in [0.29, 0.717) is 28.6 Å². The molecular formula is C26H28O5. The van der Waals surface area contributed by atoms with Crippen molar-refractivity contribution in [2.45, 2.75) is 39.7 Å². The monoisotopic (exact) mass is 420 g/mol. The molecular weight excluding hydrogens is 392 g/mol. The zero-order valence-electron chi connectivity index (χ0n) is 18.5. The van der Waals surface area contributed by atoms with E-state index in [-0.39, 0.29) is 11.9 Å². The van der Waals surface area contributed by atoms with Crippen molar-refractivity contribution in [3.05, 3.63) is 82.9 Å². The third kappa shape index (κ3) is 5.44. The standard InChI is InChI=1S/C26H28O5/c1-16(2)22-14-25(31-21-12-10-20(11-13-21)30-18(4)27)23(15-24(22)29-5)26(28)19-8-6-17(3)7-9-19/h6-16,26,28H,1-5H3. The number of methoxy groups -OCH3 is 1. The molecule has 3 rings (SSSR count). The zero-order chi connectivity index (χ0) is 22.5. The molecule has 1 unspecified atom stereocenters. The summed E-state index contributed by atoms with van der Waals surface area (Å²) in [6.45, 7) is 7.51. The van der Waals surface area contributed by atoms with E-state index >= 15 is 0 Å². The van der Waals surface area contributed by atoms with Crippen LogP contribution in [0.2, 0.25) is 0 Å². The third-order valence-electron chi connectivity index (χ3n) is 4.98. The van der Waals surface area contributed by atoms with Gasteiger partial charge in [-0.25, -0.2) is 0 Å². The van der Waals surface area contributed by atoms with E-state index in [9.17, 15) is 9.90 Å². The summed E-state index contributed by atoms with van der Waals surface area (Å²) in [6.07, 6.45) is -0.883. The van der Waals surface area contributed by atoms with Crippen molar-refractivity contribution in [2.75, 3.05) is 7.11 Å². The van der Waals surface area contributed by atoms with Crippen LogP contribution in [0, 0.1) is 6.92 Å². The maximum Gasteiger partial charge on any atom is 0.308 e. The van der Waals surface area contributed by atoms with Gasteiger partial charge >= 0.3 is 5.97 Å². The van der Waals surface area contributed by atoms with Crippen molar-refractivity contribution < 1.29 is 24.1 Å². The molecule has 0 aromatic heterocycles. The second-order valence-corrected chi connectivity index (χ2v) is 7.77. The first kappa shape index (κ1) is 22.4. The van der Waals surface area contributed by atoms with Crippen molar-refractivity contribution >= 4 is 5.97 Å². The highest BCUT2D eigenvalue weighted by Crippen LogP contribution is 2.40. The lowest BCUT2D eigenvalue weighted by Gasteiger charge is -2.21. The minimum absolute atomic E-state index is 0.203. The van der Waals surface area contributed by atoms with Crippen LogP contribution in [0.15, 0.2) is 60.7 Å². The molecule has 1 N–H and O–H groups in total. The van der Waals surface area contributed by atoms with Crippen LogP contribution in [0.5, 0.6) is 23.0 Å². The summed E-state index contributed by atoms with van der Waals surface area (Å²) in [7, 11) is 1.62. The van der Waals surface area contributed by atoms with Crippen molar-refractivity contribution in [1.29, 1.82) is 0 Å². The number of hydrogen-bond acceptors (Lipinski definition) is 5. The molecule has 31 heavy (non-hydrogen) atoms. The minimum atomic E-state index is -0.883. The molecule has 3 aromatic carbocycles. The van der Waals surface area contributed by atoms with Gasteiger partial charge in [0.1, 0.15) is 29.1 Å². The van der Waals surface area contributed by atoms with Gasteiger partial charge in [-0.2, -0.15) is 0 Å². The fourth-order valence-electron chi connectivity index (χ4n) is 3.32.